The predicted molar refractivity (Wildman–Crippen MR) is 87.4 cm³/mol. The van der Waals surface area contributed by atoms with Gasteiger partial charge in [-0.2, -0.15) is 0 Å². The first-order valence-electron chi connectivity index (χ1n) is 8.55. The minimum atomic E-state index is -0.408. The van der Waals surface area contributed by atoms with E-state index in [1.807, 2.05) is 4.90 Å². The summed E-state index contributed by atoms with van der Waals surface area (Å²) < 4.78 is 4.94. The average molecular weight is 319 g/mol. The zero-order valence-corrected chi connectivity index (χ0v) is 13.8. The number of aromatic nitrogens is 1. The summed E-state index contributed by atoms with van der Waals surface area (Å²) in [7, 11) is 0. The third kappa shape index (κ3) is 3.21. The standard InChI is InChI=1S/C17H25N3O3/c1-3-23-16(21)14-9-13(10-18-14)19-17(22)20-11(2)8-12-6-4-5-7-15(12)20/h9-12,15,18H,3-8H2,1-2H3,(H,19,22)/t11-,12-,15-/m1/s1. The molecule has 2 amide bonds. The van der Waals surface area contributed by atoms with Crippen molar-refractivity contribution in [2.24, 2.45) is 5.92 Å². The summed E-state index contributed by atoms with van der Waals surface area (Å²) in [5.41, 5.74) is 0.955. The van der Waals surface area contributed by atoms with Crippen LogP contribution in [0, 0.1) is 5.92 Å². The van der Waals surface area contributed by atoms with Crippen LogP contribution in [0.15, 0.2) is 12.3 Å². The number of fused-ring (bicyclic) bond motifs is 1. The van der Waals surface area contributed by atoms with Gasteiger partial charge < -0.3 is 19.9 Å². The van der Waals surface area contributed by atoms with Gasteiger partial charge in [-0.15, -0.1) is 0 Å². The van der Waals surface area contributed by atoms with Gasteiger partial charge in [-0.1, -0.05) is 12.8 Å². The fourth-order valence-electron chi connectivity index (χ4n) is 4.04. The molecular weight excluding hydrogens is 294 g/mol. The summed E-state index contributed by atoms with van der Waals surface area (Å²) in [4.78, 5) is 29.2. The highest BCUT2D eigenvalue weighted by atomic mass is 16.5. The molecule has 2 N–H and O–H groups in total. The summed E-state index contributed by atoms with van der Waals surface area (Å²) >= 11 is 0. The number of nitrogens with one attached hydrogen (secondary N) is 2. The van der Waals surface area contributed by atoms with Crippen LogP contribution in [-0.4, -0.2) is 40.6 Å². The van der Waals surface area contributed by atoms with Crippen molar-refractivity contribution >= 4 is 17.7 Å². The minimum Gasteiger partial charge on any atom is -0.461 e. The minimum absolute atomic E-state index is 0.0682. The molecule has 1 aromatic heterocycles. The van der Waals surface area contributed by atoms with E-state index in [1.54, 1.807) is 19.2 Å². The molecule has 0 bridgehead atoms. The number of likely N-dealkylation sites (tertiary alicyclic amines) is 1. The molecular formula is C17H25N3O3. The van der Waals surface area contributed by atoms with Gasteiger partial charge in [0.25, 0.3) is 0 Å². The smallest absolute Gasteiger partial charge is 0.354 e. The molecule has 2 fully saturated rings. The highest BCUT2D eigenvalue weighted by Crippen LogP contribution is 2.39. The molecule has 0 unspecified atom stereocenters. The topological polar surface area (TPSA) is 74.4 Å². The van der Waals surface area contributed by atoms with Gasteiger partial charge in [0.05, 0.1) is 12.3 Å². The molecule has 6 nitrogen and oxygen atoms in total. The molecule has 0 spiro atoms. The number of ether oxygens (including phenoxy) is 1. The van der Waals surface area contributed by atoms with Gasteiger partial charge in [-0.3, -0.25) is 0 Å². The fourth-order valence-corrected chi connectivity index (χ4v) is 4.04. The molecule has 1 aliphatic heterocycles. The van der Waals surface area contributed by atoms with E-state index < -0.39 is 5.97 Å². The zero-order valence-electron chi connectivity index (χ0n) is 13.8. The van der Waals surface area contributed by atoms with Crippen molar-refractivity contribution in [2.45, 2.75) is 58.0 Å². The van der Waals surface area contributed by atoms with Gasteiger partial charge in [0.1, 0.15) is 5.69 Å². The molecule has 3 rings (SSSR count). The van der Waals surface area contributed by atoms with Crippen LogP contribution in [0.1, 0.15) is 56.4 Å². The maximum absolute atomic E-state index is 12.7. The normalized spacial score (nSPS) is 26.7. The molecule has 126 valence electrons. The van der Waals surface area contributed by atoms with E-state index >= 15 is 0 Å². The summed E-state index contributed by atoms with van der Waals surface area (Å²) in [5.74, 6) is 0.237. The van der Waals surface area contributed by atoms with Crippen LogP contribution in [0.3, 0.4) is 0 Å². The lowest BCUT2D eigenvalue weighted by atomic mass is 9.85. The molecule has 0 aromatic carbocycles. The summed E-state index contributed by atoms with van der Waals surface area (Å²) in [6, 6.07) is 2.18. The Hall–Kier alpha value is -1.98. The predicted octanol–water partition coefficient (Wildman–Crippen LogP) is 3.38. The Kier molecular flexibility index (Phi) is 4.59. The molecule has 1 aliphatic carbocycles. The Morgan fingerprint density at radius 1 is 1.39 bits per heavy atom. The number of urea groups is 1. The third-order valence-corrected chi connectivity index (χ3v) is 5.01. The van der Waals surface area contributed by atoms with E-state index in [0.717, 1.165) is 12.8 Å². The highest BCUT2D eigenvalue weighted by molar-refractivity contribution is 5.93. The first kappa shape index (κ1) is 15.9. The largest absolute Gasteiger partial charge is 0.461 e. The Morgan fingerprint density at radius 3 is 2.96 bits per heavy atom. The average Bonchev–Trinajstić information content (AvgIpc) is 3.10. The quantitative estimate of drug-likeness (QED) is 0.839. The molecule has 1 saturated carbocycles. The zero-order chi connectivity index (χ0) is 16.4. The Balaban J connectivity index is 1.66. The Bertz CT molecular complexity index is 583. The third-order valence-electron chi connectivity index (χ3n) is 5.01. The van der Waals surface area contributed by atoms with E-state index in [-0.39, 0.29) is 12.1 Å². The van der Waals surface area contributed by atoms with Crippen LogP contribution in [0.2, 0.25) is 0 Å². The van der Waals surface area contributed by atoms with Crippen LogP contribution >= 0.6 is 0 Å². The van der Waals surface area contributed by atoms with Crippen molar-refractivity contribution in [1.82, 2.24) is 9.88 Å². The van der Waals surface area contributed by atoms with Crippen molar-refractivity contribution in [3.05, 3.63) is 18.0 Å². The van der Waals surface area contributed by atoms with Crippen molar-refractivity contribution in [3.8, 4) is 0 Å². The van der Waals surface area contributed by atoms with Gasteiger partial charge in [-0.05, 0) is 45.1 Å². The number of aromatic amines is 1. The summed E-state index contributed by atoms with van der Waals surface area (Å²) in [6.45, 7) is 4.21. The lowest BCUT2D eigenvalue weighted by molar-refractivity contribution is 0.0520. The van der Waals surface area contributed by atoms with Crippen LogP contribution in [-0.2, 0) is 4.74 Å². The van der Waals surface area contributed by atoms with Crippen LogP contribution < -0.4 is 5.32 Å². The SMILES string of the molecule is CCOC(=O)c1cc(NC(=O)N2[C@H](C)C[C@H]3CCCC[C@H]32)c[nH]1. The van der Waals surface area contributed by atoms with E-state index in [1.165, 1.54) is 19.3 Å². The molecule has 2 heterocycles. The monoisotopic (exact) mass is 319 g/mol. The van der Waals surface area contributed by atoms with Crippen LogP contribution in [0.5, 0.6) is 0 Å². The maximum Gasteiger partial charge on any atom is 0.354 e. The fraction of sp³-hybridized carbons (Fsp3) is 0.647. The Labute approximate surface area is 136 Å². The Morgan fingerprint density at radius 2 is 2.17 bits per heavy atom. The molecule has 1 aromatic rings. The van der Waals surface area contributed by atoms with Crippen LogP contribution in [0.25, 0.3) is 0 Å². The summed E-state index contributed by atoms with van der Waals surface area (Å²) in [5, 5.41) is 2.91. The number of esters is 1. The highest BCUT2D eigenvalue weighted by Gasteiger charge is 2.42. The first-order valence-corrected chi connectivity index (χ1v) is 8.55. The lowest BCUT2D eigenvalue weighted by Crippen LogP contribution is -2.44. The van der Waals surface area contributed by atoms with Crippen molar-refractivity contribution in [1.29, 1.82) is 0 Å². The van der Waals surface area contributed by atoms with Crippen molar-refractivity contribution in [2.75, 3.05) is 11.9 Å². The number of carbonyl (C=O) groups excluding carboxylic acids is 2. The number of carbonyl (C=O) groups is 2. The van der Waals surface area contributed by atoms with Crippen molar-refractivity contribution in [3.63, 3.8) is 0 Å². The number of hydrogen-bond donors (Lipinski definition) is 2. The number of H-pyrrole nitrogens is 1. The molecule has 1 saturated heterocycles. The number of amides is 2. The van der Waals surface area contributed by atoms with Gasteiger partial charge >= 0.3 is 12.0 Å². The number of hydrogen-bond acceptors (Lipinski definition) is 3. The summed E-state index contributed by atoms with van der Waals surface area (Å²) in [6.07, 6.45) is 7.54. The van der Waals surface area contributed by atoms with E-state index in [4.69, 9.17) is 4.74 Å². The van der Waals surface area contributed by atoms with Crippen LogP contribution in [0.4, 0.5) is 10.5 Å². The molecule has 3 atom stereocenters. The molecule has 23 heavy (non-hydrogen) atoms. The van der Waals surface area contributed by atoms with Gasteiger partial charge in [0.15, 0.2) is 0 Å². The molecule has 6 heteroatoms. The first-order chi connectivity index (χ1) is 11.1. The second-order valence-electron chi connectivity index (χ2n) is 6.56. The van der Waals surface area contributed by atoms with E-state index in [0.29, 0.717) is 29.9 Å². The van der Waals surface area contributed by atoms with Gasteiger partial charge in [0, 0.05) is 18.3 Å². The molecule has 2 aliphatic rings. The lowest BCUT2D eigenvalue weighted by Gasteiger charge is -2.33. The number of anilines is 1. The van der Waals surface area contributed by atoms with E-state index in [9.17, 15) is 9.59 Å². The van der Waals surface area contributed by atoms with Gasteiger partial charge in [-0.25, -0.2) is 9.59 Å². The number of rotatable bonds is 3. The molecule has 0 radical (unpaired) electrons. The van der Waals surface area contributed by atoms with Crippen molar-refractivity contribution < 1.29 is 14.3 Å². The van der Waals surface area contributed by atoms with Gasteiger partial charge in [0.2, 0.25) is 0 Å². The number of nitrogens with zero attached hydrogens (tertiary/aromatic N) is 1. The second kappa shape index (κ2) is 6.64. The van der Waals surface area contributed by atoms with E-state index in [2.05, 4.69) is 17.2 Å². The second-order valence-corrected chi connectivity index (χ2v) is 6.56. The maximum atomic E-state index is 12.7.